The molecule has 1 saturated heterocycles. The summed E-state index contributed by atoms with van der Waals surface area (Å²) in [6.45, 7) is 1.76. The van der Waals surface area contributed by atoms with Crippen LogP contribution in [0.5, 0.6) is 0 Å². The summed E-state index contributed by atoms with van der Waals surface area (Å²) in [6, 6.07) is 13.5. The highest BCUT2D eigenvalue weighted by atomic mass is 32.2. The third-order valence-corrected chi connectivity index (χ3v) is 10.6. The molecular weight excluding hydrogens is 495 g/mol. The number of nitrogens with zero attached hydrogens (tertiary/aromatic N) is 4. The van der Waals surface area contributed by atoms with Crippen LogP contribution in [-0.2, 0) is 26.8 Å². The molecule has 0 bridgehead atoms. The van der Waals surface area contributed by atoms with Gasteiger partial charge in [-0.1, -0.05) is 42.5 Å². The molecule has 10 heteroatoms. The SMILES string of the molecule is CC1CCC(c2ccccc2)S(=O)(=O)N1Cc1ccc(C2(C(=O)O)CCC(n3cnnc3)CC2)cc1F. The Balaban J connectivity index is 1.38. The molecule has 1 aromatic heterocycles. The second kappa shape index (κ2) is 9.98. The summed E-state index contributed by atoms with van der Waals surface area (Å²) in [5, 5.41) is 17.2. The molecule has 1 aliphatic carbocycles. The number of rotatable bonds is 6. The summed E-state index contributed by atoms with van der Waals surface area (Å²) in [5.74, 6) is -1.55. The Kier molecular flexibility index (Phi) is 6.89. The first-order valence-corrected chi connectivity index (χ1v) is 14.1. The van der Waals surface area contributed by atoms with Crippen molar-refractivity contribution in [1.29, 1.82) is 0 Å². The predicted octanol–water partition coefficient (Wildman–Crippen LogP) is 4.61. The summed E-state index contributed by atoms with van der Waals surface area (Å²) in [4.78, 5) is 12.4. The lowest BCUT2D eigenvalue weighted by Crippen LogP contribution is -2.45. The largest absolute Gasteiger partial charge is 0.481 e. The highest BCUT2D eigenvalue weighted by Crippen LogP contribution is 2.44. The minimum Gasteiger partial charge on any atom is -0.481 e. The van der Waals surface area contributed by atoms with Crippen LogP contribution in [0, 0.1) is 5.82 Å². The van der Waals surface area contributed by atoms with Crippen molar-refractivity contribution in [3.05, 3.63) is 83.7 Å². The lowest BCUT2D eigenvalue weighted by Gasteiger charge is -2.38. The van der Waals surface area contributed by atoms with E-state index in [0.717, 1.165) is 5.56 Å². The molecule has 1 N–H and O–H groups in total. The Morgan fingerprint density at radius 2 is 1.73 bits per heavy atom. The fourth-order valence-corrected chi connectivity index (χ4v) is 8.10. The van der Waals surface area contributed by atoms with Gasteiger partial charge < -0.3 is 9.67 Å². The maximum atomic E-state index is 15.5. The molecule has 1 saturated carbocycles. The molecule has 2 atom stereocenters. The van der Waals surface area contributed by atoms with Crippen LogP contribution in [0.2, 0.25) is 0 Å². The van der Waals surface area contributed by atoms with Gasteiger partial charge in [0.15, 0.2) is 0 Å². The fraction of sp³-hybridized carbons (Fsp3) is 0.444. The van der Waals surface area contributed by atoms with Crippen molar-refractivity contribution in [1.82, 2.24) is 19.1 Å². The third-order valence-electron chi connectivity index (χ3n) is 8.20. The van der Waals surface area contributed by atoms with Gasteiger partial charge in [0.1, 0.15) is 23.7 Å². The maximum Gasteiger partial charge on any atom is 0.314 e. The molecule has 0 spiro atoms. The van der Waals surface area contributed by atoms with E-state index in [9.17, 15) is 18.3 Å². The monoisotopic (exact) mass is 526 g/mol. The molecule has 3 aromatic rings. The van der Waals surface area contributed by atoms with E-state index >= 15 is 4.39 Å². The van der Waals surface area contributed by atoms with E-state index in [-0.39, 0.29) is 24.2 Å². The van der Waals surface area contributed by atoms with E-state index in [1.54, 1.807) is 24.8 Å². The molecule has 2 unspecified atom stereocenters. The molecule has 2 heterocycles. The minimum atomic E-state index is -3.71. The Morgan fingerprint density at radius 1 is 1.05 bits per heavy atom. The van der Waals surface area contributed by atoms with Crippen molar-refractivity contribution < 1.29 is 22.7 Å². The van der Waals surface area contributed by atoms with E-state index in [1.165, 1.54) is 10.4 Å². The van der Waals surface area contributed by atoms with Crippen molar-refractivity contribution >= 4 is 16.0 Å². The standard InChI is InChI=1S/C27H31FN4O4S/c1-19-7-10-25(20-5-3-2-4-6-20)37(35,36)32(19)16-21-8-9-22(15-24(21)28)27(26(33)34)13-11-23(12-14-27)31-17-29-30-18-31/h2-6,8-9,15,17-19,23,25H,7,10-14,16H2,1H3,(H,33,34). The number of hydrogen-bond acceptors (Lipinski definition) is 5. The Morgan fingerprint density at radius 3 is 2.35 bits per heavy atom. The normalized spacial score (nSPS) is 28.1. The van der Waals surface area contributed by atoms with Crippen molar-refractivity contribution in [3.8, 4) is 0 Å². The van der Waals surface area contributed by atoms with Crippen LogP contribution in [0.3, 0.4) is 0 Å². The van der Waals surface area contributed by atoms with Crippen molar-refractivity contribution in [3.63, 3.8) is 0 Å². The number of halogens is 1. The fourth-order valence-electron chi connectivity index (χ4n) is 5.91. The first-order valence-electron chi connectivity index (χ1n) is 12.6. The molecule has 0 radical (unpaired) electrons. The van der Waals surface area contributed by atoms with E-state index in [4.69, 9.17) is 0 Å². The number of carbonyl (C=O) groups is 1. The molecular formula is C27H31FN4O4S. The van der Waals surface area contributed by atoms with Gasteiger partial charge in [0.2, 0.25) is 10.0 Å². The average molecular weight is 527 g/mol. The quantitative estimate of drug-likeness (QED) is 0.503. The summed E-state index contributed by atoms with van der Waals surface area (Å²) in [6.07, 6.45) is 6.39. The molecule has 196 valence electrons. The summed E-state index contributed by atoms with van der Waals surface area (Å²) in [7, 11) is -3.71. The van der Waals surface area contributed by atoms with Crippen LogP contribution < -0.4 is 0 Å². The molecule has 0 amide bonds. The number of aromatic nitrogens is 3. The van der Waals surface area contributed by atoms with Gasteiger partial charge in [0.25, 0.3) is 0 Å². The Hall–Kier alpha value is -3.11. The van der Waals surface area contributed by atoms with E-state index in [0.29, 0.717) is 44.1 Å². The lowest BCUT2D eigenvalue weighted by molar-refractivity contribution is -0.145. The number of benzene rings is 2. The summed E-state index contributed by atoms with van der Waals surface area (Å²) in [5.41, 5.74) is 0.208. The molecule has 2 fully saturated rings. The molecule has 2 aliphatic rings. The Bertz CT molecular complexity index is 1360. The smallest absolute Gasteiger partial charge is 0.314 e. The van der Waals surface area contributed by atoms with Gasteiger partial charge in [-0.15, -0.1) is 10.2 Å². The van der Waals surface area contributed by atoms with Gasteiger partial charge in [0.05, 0.1) is 5.41 Å². The van der Waals surface area contributed by atoms with E-state index < -0.39 is 32.5 Å². The van der Waals surface area contributed by atoms with Crippen LogP contribution in [0.25, 0.3) is 0 Å². The predicted molar refractivity (Wildman–Crippen MR) is 136 cm³/mol. The zero-order chi connectivity index (χ0) is 26.2. The first kappa shape index (κ1) is 25.5. The van der Waals surface area contributed by atoms with Gasteiger partial charge in [0, 0.05) is 24.2 Å². The highest BCUT2D eigenvalue weighted by Gasteiger charge is 2.45. The molecule has 5 rings (SSSR count). The average Bonchev–Trinajstić information content (AvgIpc) is 3.43. The van der Waals surface area contributed by atoms with Crippen molar-refractivity contribution in [2.45, 2.75) is 74.7 Å². The highest BCUT2D eigenvalue weighted by molar-refractivity contribution is 7.89. The van der Waals surface area contributed by atoms with Crippen molar-refractivity contribution in [2.75, 3.05) is 0 Å². The lowest BCUT2D eigenvalue weighted by atomic mass is 9.68. The van der Waals surface area contributed by atoms with Crippen LogP contribution in [0.1, 0.15) is 73.4 Å². The second-order valence-corrected chi connectivity index (χ2v) is 12.3. The minimum absolute atomic E-state index is 0.0886. The molecule has 8 nitrogen and oxygen atoms in total. The number of hydrogen-bond donors (Lipinski definition) is 1. The molecule has 2 aromatic carbocycles. The van der Waals surface area contributed by atoms with Crippen molar-refractivity contribution in [2.24, 2.45) is 0 Å². The van der Waals surface area contributed by atoms with Crippen LogP contribution >= 0.6 is 0 Å². The number of carboxylic acids is 1. The summed E-state index contributed by atoms with van der Waals surface area (Å²) < 4.78 is 45.8. The first-order chi connectivity index (χ1) is 17.7. The zero-order valence-electron chi connectivity index (χ0n) is 20.7. The van der Waals surface area contributed by atoms with E-state index in [1.807, 2.05) is 41.8 Å². The van der Waals surface area contributed by atoms with Gasteiger partial charge in [-0.05, 0) is 62.6 Å². The number of sulfonamides is 1. The van der Waals surface area contributed by atoms with Gasteiger partial charge in [-0.3, -0.25) is 4.79 Å². The number of carboxylic acid groups (broad SMARTS) is 1. The van der Waals surface area contributed by atoms with Gasteiger partial charge in [-0.2, -0.15) is 4.31 Å². The van der Waals surface area contributed by atoms with E-state index in [2.05, 4.69) is 10.2 Å². The number of aliphatic carboxylic acids is 1. The third kappa shape index (κ3) is 4.68. The Labute approximate surface area is 216 Å². The van der Waals surface area contributed by atoms with Gasteiger partial charge >= 0.3 is 5.97 Å². The van der Waals surface area contributed by atoms with Crippen LogP contribution in [0.4, 0.5) is 4.39 Å². The zero-order valence-corrected chi connectivity index (χ0v) is 21.5. The second-order valence-electron chi connectivity index (χ2n) is 10.2. The summed E-state index contributed by atoms with van der Waals surface area (Å²) >= 11 is 0. The molecule has 37 heavy (non-hydrogen) atoms. The van der Waals surface area contributed by atoms with Crippen LogP contribution in [0.15, 0.2) is 61.2 Å². The maximum absolute atomic E-state index is 15.5. The topological polar surface area (TPSA) is 105 Å². The van der Waals surface area contributed by atoms with Crippen LogP contribution in [-0.4, -0.2) is 44.6 Å². The molecule has 1 aliphatic heterocycles. The van der Waals surface area contributed by atoms with Gasteiger partial charge in [-0.25, -0.2) is 12.8 Å².